The molecule has 3 heterocycles. The Morgan fingerprint density at radius 1 is 1.19 bits per heavy atom. The van der Waals surface area contributed by atoms with Crippen molar-refractivity contribution in [3.63, 3.8) is 0 Å². The molecule has 5 rings (SSSR count). The molecule has 12 nitrogen and oxygen atoms in total. The number of ether oxygens (including phenoxy) is 3. The highest BCUT2D eigenvalue weighted by Gasteiger charge is 2.34. The third-order valence-corrected chi connectivity index (χ3v) is 7.59. The molecule has 0 spiro atoms. The Bertz CT molecular complexity index is 1440. The lowest BCUT2D eigenvalue weighted by Crippen LogP contribution is -2.49. The number of carbonyl (C=O) groups excluding carboxylic acids is 2. The van der Waals surface area contributed by atoms with Gasteiger partial charge in [-0.3, -0.25) is 9.69 Å². The van der Waals surface area contributed by atoms with Crippen molar-refractivity contribution in [2.75, 3.05) is 44.2 Å². The number of hydrogen-bond acceptors (Lipinski definition) is 9. The number of amides is 3. The van der Waals surface area contributed by atoms with Gasteiger partial charge in [-0.05, 0) is 57.6 Å². The number of hydrogen-bond donors (Lipinski definition) is 3. The number of para-hydroxylation sites is 1. The van der Waals surface area contributed by atoms with Crippen LogP contribution in [0, 0.1) is 19.8 Å². The van der Waals surface area contributed by atoms with Gasteiger partial charge in [-0.15, -0.1) is 0 Å². The molecule has 0 fully saturated rings. The summed E-state index contributed by atoms with van der Waals surface area (Å²) in [7, 11) is 2.00. The van der Waals surface area contributed by atoms with Gasteiger partial charge in [0.25, 0.3) is 5.91 Å². The average molecular weight is 580 g/mol. The van der Waals surface area contributed by atoms with Crippen LogP contribution in [-0.2, 0) is 6.54 Å². The van der Waals surface area contributed by atoms with Gasteiger partial charge < -0.3 is 39.4 Å². The molecule has 3 atom stereocenters. The monoisotopic (exact) mass is 579 g/mol. The molecule has 42 heavy (non-hydrogen) atoms. The largest absolute Gasteiger partial charge is 0.486 e. The van der Waals surface area contributed by atoms with E-state index >= 15 is 0 Å². The van der Waals surface area contributed by atoms with Gasteiger partial charge >= 0.3 is 6.03 Å². The lowest BCUT2D eigenvalue weighted by Gasteiger charge is -2.38. The van der Waals surface area contributed by atoms with Crippen molar-refractivity contribution in [3.05, 3.63) is 59.0 Å². The number of rotatable bonds is 8. The van der Waals surface area contributed by atoms with Crippen molar-refractivity contribution < 1.29 is 33.4 Å². The van der Waals surface area contributed by atoms with Crippen LogP contribution in [0.4, 0.5) is 16.2 Å². The lowest BCUT2D eigenvalue weighted by molar-refractivity contribution is 0.0343. The van der Waals surface area contributed by atoms with E-state index in [1.165, 1.54) is 0 Å². The Labute approximate surface area is 244 Å². The number of benzene rings is 2. The van der Waals surface area contributed by atoms with Gasteiger partial charge in [-0.25, -0.2) is 4.79 Å². The highest BCUT2D eigenvalue weighted by atomic mass is 16.7. The summed E-state index contributed by atoms with van der Waals surface area (Å²) < 4.78 is 22.7. The second-order valence-electron chi connectivity index (χ2n) is 11.0. The molecule has 2 aliphatic heterocycles. The summed E-state index contributed by atoms with van der Waals surface area (Å²) in [4.78, 5) is 30.6. The van der Waals surface area contributed by atoms with Crippen molar-refractivity contribution >= 4 is 23.3 Å². The molecule has 3 N–H and O–H groups in total. The van der Waals surface area contributed by atoms with E-state index in [0.29, 0.717) is 48.0 Å². The number of aromatic nitrogens is 1. The third kappa shape index (κ3) is 6.14. The molecule has 0 saturated heterocycles. The molecule has 3 amide bonds. The number of aryl methyl sites for hydroxylation is 2. The molecule has 2 aromatic carbocycles. The second kappa shape index (κ2) is 12.3. The van der Waals surface area contributed by atoms with Gasteiger partial charge in [-0.2, -0.15) is 0 Å². The number of urea groups is 1. The predicted octanol–water partition coefficient (Wildman–Crippen LogP) is 4.02. The predicted molar refractivity (Wildman–Crippen MR) is 155 cm³/mol. The van der Waals surface area contributed by atoms with Crippen LogP contribution in [0.5, 0.6) is 17.2 Å². The maximum absolute atomic E-state index is 13.7. The van der Waals surface area contributed by atoms with Gasteiger partial charge in [0.2, 0.25) is 6.79 Å². The first-order valence-electron chi connectivity index (χ1n) is 13.9. The normalized spacial score (nSPS) is 18.6. The summed E-state index contributed by atoms with van der Waals surface area (Å²) in [6.07, 6.45) is -0.349. The van der Waals surface area contributed by atoms with Crippen LogP contribution >= 0.6 is 0 Å². The van der Waals surface area contributed by atoms with E-state index in [0.717, 1.165) is 17.1 Å². The number of aliphatic hydroxyl groups is 1. The van der Waals surface area contributed by atoms with Crippen molar-refractivity contribution in [1.82, 2.24) is 15.0 Å². The smallest absolute Gasteiger partial charge is 0.323 e. The zero-order valence-electron chi connectivity index (χ0n) is 24.5. The molecule has 0 radical (unpaired) electrons. The minimum atomic E-state index is -0.527. The Morgan fingerprint density at radius 2 is 1.98 bits per heavy atom. The second-order valence-corrected chi connectivity index (χ2v) is 11.0. The fourth-order valence-corrected chi connectivity index (χ4v) is 5.21. The molecular weight excluding hydrogens is 542 g/mol. The molecule has 1 aromatic heterocycles. The maximum atomic E-state index is 13.7. The number of carbonyl (C=O) groups is 2. The quantitative estimate of drug-likeness (QED) is 0.361. The third-order valence-electron chi connectivity index (χ3n) is 7.59. The van der Waals surface area contributed by atoms with E-state index in [9.17, 15) is 14.7 Å². The van der Waals surface area contributed by atoms with Crippen molar-refractivity contribution in [3.8, 4) is 17.2 Å². The standard InChI is InChI=1S/C30H37N5O7/c1-17-12-35(18(2)15-36)29(37)22-7-6-8-23(31-30(38)32-27-19(3)33-42-20(27)4)28(22)41-26(17)14-34(5)13-21-9-10-24-25(11-21)40-16-39-24/h6-11,17-18,26,36H,12-16H2,1-5H3,(H2,31,32,38)/t17-,18+,26-/m0/s1. The van der Waals surface area contributed by atoms with Crippen LogP contribution in [0.15, 0.2) is 40.9 Å². The van der Waals surface area contributed by atoms with E-state index in [-0.39, 0.29) is 37.1 Å². The van der Waals surface area contributed by atoms with Crippen LogP contribution < -0.4 is 24.8 Å². The maximum Gasteiger partial charge on any atom is 0.323 e. The zero-order chi connectivity index (χ0) is 30.0. The van der Waals surface area contributed by atoms with E-state index in [2.05, 4.69) is 20.7 Å². The van der Waals surface area contributed by atoms with Crippen LogP contribution in [0.25, 0.3) is 0 Å². The van der Waals surface area contributed by atoms with Crippen LogP contribution in [0.2, 0.25) is 0 Å². The van der Waals surface area contributed by atoms with Crippen molar-refractivity contribution in [1.29, 1.82) is 0 Å². The lowest BCUT2D eigenvalue weighted by atomic mass is 9.99. The topological polar surface area (TPSA) is 139 Å². The summed E-state index contributed by atoms with van der Waals surface area (Å²) in [5.74, 6) is 1.84. The fraction of sp³-hybridized carbons (Fsp3) is 0.433. The van der Waals surface area contributed by atoms with Crippen LogP contribution in [0.1, 0.15) is 41.2 Å². The van der Waals surface area contributed by atoms with Crippen LogP contribution in [0.3, 0.4) is 0 Å². The van der Waals surface area contributed by atoms with Crippen molar-refractivity contribution in [2.24, 2.45) is 5.92 Å². The fourth-order valence-electron chi connectivity index (χ4n) is 5.21. The molecule has 12 heteroatoms. The van der Waals surface area contributed by atoms with Gasteiger partial charge in [0.1, 0.15) is 17.5 Å². The number of aliphatic hydroxyl groups excluding tert-OH is 1. The summed E-state index contributed by atoms with van der Waals surface area (Å²) in [5, 5.41) is 19.4. The minimum absolute atomic E-state index is 0.0977. The summed E-state index contributed by atoms with van der Waals surface area (Å²) >= 11 is 0. The Kier molecular flexibility index (Phi) is 8.55. The molecule has 0 aliphatic carbocycles. The van der Waals surface area contributed by atoms with E-state index in [1.807, 2.05) is 39.1 Å². The first-order valence-corrected chi connectivity index (χ1v) is 13.9. The number of nitrogens with zero attached hydrogens (tertiary/aromatic N) is 3. The Balaban J connectivity index is 1.41. The van der Waals surface area contributed by atoms with E-state index in [1.54, 1.807) is 36.9 Å². The van der Waals surface area contributed by atoms with Gasteiger partial charge in [0, 0.05) is 25.6 Å². The summed E-state index contributed by atoms with van der Waals surface area (Å²) in [5.41, 5.74) is 2.73. The Morgan fingerprint density at radius 3 is 2.71 bits per heavy atom. The number of likely N-dealkylation sites (N-methyl/N-ethyl adjacent to an activating group) is 1. The molecule has 0 unspecified atom stereocenters. The summed E-state index contributed by atoms with van der Waals surface area (Å²) in [6.45, 7) is 8.87. The Hall–Kier alpha value is -4.29. The van der Waals surface area contributed by atoms with Gasteiger partial charge in [-0.1, -0.05) is 24.2 Å². The number of fused-ring (bicyclic) bond motifs is 2. The molecule has 0 saturated carbocycles. The zero-order valence-corrected chi connectivity index (χ0v) is 24.5. The minimum Gasteiger partial charge on any atom is -0.486 e. The molecular formula is C30H37N5O7. The van der Waals surface area contributed by atoms with Crippen molar-refractivity contribution in [2.45, 2.75) is 46.4 Å². The molecule has 0 bridgehead atoms. The first-order chi connectivity index (χ1) is 20.1. The molecule has 3 aromatic rings. The average Bonchev–Trinajstić information content (AvgIpc) is 3.56. The first kappa shape index (κ1) is 29.2. The molecule has 224 valence electrons. The number of nitrogens with one attached hydrogen (secondary N) is 2. The van der Waals surface area contributed by atoms with E-state index < -0.39 is 12.1 Å². The van der Waals surface area contributed by atoms with Gasteiger partial charge in [0.05, 0.1) is 23.9 Å². The number of anilines is 2. The van der Waals surface area contributed by atoms with E-state index in [4.69, 9.17) is 18.7 Å². The summed E-state index contributed by atoms with van der Waals surface area (Å²) in [6, 6.07) is 10.0. The highest BCUT2D eigenvalue weighted by Crippen LogP contribution is 2.36. The molecule has 2 aliphatic rings. The highest BCUT2D eigenvalue weighted by molar-refractivity contribution is 6.04. The SMILES string of the molecule is Cc1noc(C)c1NC(=O)Nc1cccc2c1O[C@@H](CN(C)Cc1ccc3c(c1)OCO3)[C@@H](C)CN([C@H](C)CO)C2=O. The van der Waals surface area contributed by atoms with Crippen LogP contribution in [-0.4, -0.2) is 77.7 Å². The van der Waals surface area contributed by atoms with Gasteiger partial charge in [0.15, 0.2) is 23.0 Å².